The second-order valence-corrected chi connectivity index (χ2v) is 35.0. The standard InChI is InChI=1S/C11H12FNO3S.2Hg/c12-17-6-5-16-9-3-1-8(2-4-9)7-10(13)11(14)15;;/h1-4,10H,5,7,13H2,(H,14,15);;/t10-;;/m1../s1. The third kappa shape index (κ3) is 6.73. The number of hydrogen-bond acceptors (Lipinski definition) is 4. The van der Waals surface area contributed by atoms with E-state index >= 15 is 0 Å². The normalized spacial score (nSPS) is 13.2. The van der Waals surface area contributed by atoms with Crippen LogP contribution in [-0.2, 0) is 63.5 Å². The fraction of sp³-hybridized carbons (Fsp3) is 0.364. The van der Waals surface area contributed by atoms with E-state index in [1.54, 1.807) is 24.3 Å². The molecule has 0 fully saturated rings. The van der Waals surface area contributed by atoms with E-state index in [-0.39, 0.29) is 6.19 Å². The molecular formula is C11H12FHg2NO3S. The molecule has 0 aliphatic rings. The van der Waals surface area contributed by atoms with Crippen LogP contribution in [0.15, 0.2) is 24.3 Å². The monoisotopic (exact) mass is 661 g/mol. The van der Waals surface area contributed by atoms with E-state index in [1.165, 1.54) is 0 Å². The van der Waals surface area contributed by atoms with E-state index in [4.69, 9.17) is 15.6 Å². The van der Waals surface area contributed by atoms with Gasteiger partial charge in [0.2, 0.25) is 0 Å². The molecule has 1 rings (SSSR count). The van der Waals surface area contributed by atoms with Gasteiger partial charge in [0.25, 0.3) is 0 Å². The molecule has 1 aromatic rings. The molecule has 1 aromatic carbocycles. The van der Waals surface area contributed by atoms with Crippen molar-refractivity contribution in [3.63, 3.8) is 0 Å². The maximum atomic E-state index is 12.6. The van der Waals surface area contributed by atoms with Crippen molar-refractivity contribution in [3.05, 3.63) is 29.8 Å². The van der Waals surface area contributed by atoms with E-state index in [2.05, 4.69) is 0 Å². The number of carboxylic acids is 1. The Morgan fingerprint density at radius 3 is 2.53 bits per heavy atom. The van der Waals surface area contributed by atoms with E-state index < -0.39 is 12.0 Å². The van der Waals surface area contributed by atoms with Crippen LogP contribution in [0.4, 0.5) is 3.89 Å². The summed E-state index contributed by atoms with van der Waals surface area (Å²) in [7, 11) is 0. The molecule has 8 heteroatoms. The Balaban J connectivity index is 2.55. The van der Waals surface area contributed by atoms with Gasteiger partial charge in [-0.1, -0.05) is 0 Å². The van der Waals surface area contributed by atoms with Gasteiger partial charge >= 0.3 is 149 Å². The van der Waals surface area contributed by atoms with Crippen LogP contribution in [0.3, 0.4) is 0 Å². The Kier molecular flexibility index (Phi) is 7.56. The number of halogens is 1. The SMILES string of the molecule is N[C@H](Cc1ccc(OC[C]([Hg])([Hg])SF)cc1)C(=O)O. The number of nitrogens with two attached hydrogens (primary N) is 1. The molecule has 0 spiro atoms. The quantitative estimate of drug-likeness (QED) is 0.434. The topological polar surface area (TPSA) is 72.5 Å². The van der Waals surface area contributed by atoms with Gasteiger partial charge < -0.3 is 0 Å². The first-order valence-corrected chi connectivity index (χ1v) is 11.8. The van der Waals surface area contributed by atoms with Crippen LogP contribution in [0, 0.1) is 0 Å². The molecule has 0 aromatic heterocycles. The number of carbonyl (C=O) groups is 1. The summed E-state index contributed by atoms with van der Waals surface area (Å²) in [6, 6.07) is 6.22. The number of ether oxygens (including phenoxy) is 1. The Labute approximate surface area is 147 Å². The van der Waals surface area contributed by atoms with Gasteiger partial charge in [-0.15, -0.1) is 0 Å². The van der Waals surface area contributed by atoms with E-state index in [0.29, 0.717) is 76.7 Å². The zero-order valence-corrected chi connectivity index (χ0v) is 22.2. The molecule has 4 nitrogen and oxygen atoms in total. The first kappa shape index (κ1) is 17.7. The molecule has 0 bridgehead atoms. The zero-order valence-electron chi connectivity index (χ0n) is 10.3. The van der Waals surface area contributed by atoms with Crippen LogP contribution in [0.5, 0.6) is 5.75 Å². The van der Waals surface area contributed by atoms with Gasteiger partial charge in [-0.3, -0.25) is 0 Å². The van der Waals surface area contributed by atoms with E-state index in [0.717, 1.165) is 5.56 Å². The van der Waals surface area contributed by atoms with Crippen molar-refractivity contribution in [3.8, 4) is 5.75 Å². The van der Waals surface area contributed by atoms with Crippen LogP contribution in [-0.4, -0.2) is 23.5 Å². The van der Waals surface area contributed by atoms with Gasteiger partial charge in [-0.05, 0) is 0 Å². The average Bonchev–Trinajstić information content (AvgIpc) is 2.38. The number of hydrogen-bond donors (Lipinski definition) is 2. The van der Waals surface area contributed by atoms with Crippen molar-refractivity contribution in [2.45, 2.75) is 12.2 Å². The molecule has 0 aliphatic heterocycles. The number of aliphatic carboxylic acids is 1. The Morgan fingerprint density at radius 2 is 2.05 bits per heavy atom. The minimum atomic E-state index is -1.01. The van der Waals surface area contributed by atoms with Crippen molar-refractivity contribution in [1.82, 2.24) is 0 Å². The number of rotatable bonds is 7. The Morgan fingerprint density at radius 1 is 1.47 bits per heavy atom. The van der Waals surface area contributed by atoms with Gasteiger partial charge in [-0.2, -0.15) is 0 Å². The van der Waals surface area contributed by atoms with Crippen molar-refractivity contribution in [1.29, 1.82) is 0 Å². The second-order valence-electron chi connectivity index (χ2n) is 4.34. The van der Waals surface area contributed by atoms with E-state index in [1.807, 2.05) is 0 Å². The first-order valence-electron chi connectivity index (χ1n) is 5.54. The van der Waals surface area contributed by atoms with Crippen LogP contribution in [0.2, 0.25) is 0 Å². The zero-order chi connectivity index (χ0) is 14.5. The predicted octanol–water partition coefficient (Wildman–Crippen LogP) is 1.38. The molecule has 1 atom stereocenters. The van der Waals surface area contributed by atoms with Crippen LogP contribution in [0.1, 0.15) is 5.56 Å². The van der Waals surface area contributed by atoms with Gasteiger partial charge in [0.15, 0.2) is 0 Å². The number of benzene rings is 1. The van der Waals surface area contributed by atoms with Crippen molar-refractivity contribution >= 4 is 18.1 Å². The Hall–Kier alpha value is 0.600. The molecule has 0 saturated carbocycles. The maximum absolute atomic E-state index is 12.6. The summed E-state index contributed by atoms with van der Waals surface area (Å²) in [6.07, 6.45) is 0.285. The fourth-order valence-corrected chi connectivity index (χ4v) is 2.20. The van der Waals surface area contributed by atoms with Crippen molar-refractivity contribution in [2.75, 3.05) is 6.61 Å². The van der Waals surface area contributed by atoms with Crippen LogP contribution in [0.25, 0.3) is 0 Å². The minimum absolute atomic E-state index is 0.204. The molecule has 19 heavy (non-hydrogen) atoms. The summed E-state index contributed by atoms with van der Waals surface area (Å²) in [4.78, 5) is 10.6. The molecule has 0 saturated heterocycles. The van der Waals surface area contributed by atoms with Crippen molar-refractivity contribution in [2.24, 2.45) is 5.73 Å². The van der Waals surface area contributed by atoms with Crippen LogP contribution >= 0.6 is 12.1 Å². The predicted molar refractivity (Wildman–Crippen MR) is 62.7 cm³/mol. The summed E-state index contributed by atoms with van der Waals surface area (Å²) in [5.74, 6) is -0.331. The van der Waals surface area contributed by atoms with E-state index in [9.17, 15) is 8.68 Å². The molecule has 0 heterocycles. The Bertz CT molecular complexity index is 430. The molecule has 0 unspecified atom stereocenters. The molecule has 0 radical (unpaired) electrons. The number of carboxylic acid groups (broad SMARTS) is 1. The molecular weight excluding hydrogens is 646 g/mol. The summed E-state index contributed by atoms with van der Waals surface area (Å²) >= 11 is 1.12. The third-order valence-electron chi connectivity index (χ3n) is 2.36. The molecule has 3 N–H and O–H groups in total. The summed E-state index contributed by atoms with van der Waals surface area (Å²) in [5.41, 5.74) is 6.30. The molecule has 0 aliphatic carbocycles. The third-order valence-corrected chi connectivity index (χ3v) is 6.94. The van der Waals surface area contributed by atoms with Crippen LogP contribution < -0.4 is 10.5 Å². The van der Waals surface area contributed by atoms with Gasteiger partial charge in [0.05, 0.1) is 0 Å². The summed E-state index contributed by atoms with van der Waals surface area (Å²) in [6.45, 7) is 0.425. The first-order chi connectivity index (χ1) is 8.84. The van der Waals surface area contributed by atoms with Gasteiger partial charge in [0, 0.05) is 0 Å². The molecule has 0 amide bonds. The molecule has 96 valence electrons. The average molecular weight is 658 g/mol. The fourth-order valence-electron chi connectivity index (χ4n) is 1.30. The summed E-state index contributed by atoms with van der Waals surface area (Å²) in [5, 5.41) is 8.72. The van der Waals surface area contributed by atoms with Crippen molar-refractivity contribution < 1.29 is 70.8 Å². The second kappa shape index (κ2) is 8.14. The van der Waals surface area contributed by atoms with Gasteiger partial charge in [0.1, 0.15) is 0 Å². The van der Waals surface area contributed by atoms with Gasteiger partial charge in [-0.25, -0.2) is 0 Å². The summed E-state index contributed by atoms with van der Waals surface area (Å²) < 4.78 is 18.0.